The molecule has 0 amide bonds. The Morgan fingerprint density at radius 1 is 1.40 bits per heavy atom. The highest BCUT2D eigenvalue weighted by Crippen LogP contribution is 1.90. The van der Waals surface area contributed by atoms with Crippen LogP contribution in [0.5, 0.6) is 0 Å². The van der Waals surface area contributed by atoms with E-state index in [9.17, 15) is 8.42 Å². The fourth-order valence-corrected chi connectivity index (χ4v) is 1.19. The van der Waals surface area contributed by atoms with Gasteiger partial charge in [0.15, 0.2) is 0 Å². The minimum Gasteiger partial charge on any atom is -0.215 e. The summed E-state index contributed by atoms with van der Waals surface area (Å²) in [6.45, 7) is 6.11. The van der Waals surface area contributed by atoms with E-state index >= 15 is 0 Å². The molecule has 0 fully saturated rings. The van der Waals surface area contributed by atoms with Crippen molar-refractivity contribution in [1.29, 1.82) is 0 Å². The lowest BCUT2D eigenvalue weighted by atomic mass is 10.2. The molecule has 0 bridgehead atoms. The van der Waals surface area contributed by atoms with Crippen molar-refractivity contribution in [3.63, 3.8) is 0 Å². The number of rotatable bonds is 4. The van der Waals surface area contributed by atoms with Gasteiger partial charge in [-0.15, -0.1) is 0 Å². The van der Waals surface area contributed by atoms with Gasteiger partial charge in [-0.05, 0) is 12.8 Å². The van der Waals surface area contributed by atoms with E-state index < -0.39 is 10.0 Å². The lowest BCUT2D eigenvalue weighted by Crippen LogP contribution is -2.28. The molecule has 0 aliphatic rings. The lowest BCUT2D eigenvalue weighted by molar-refractivity contribution is 0.561. The number of hydrogen-bond acceptors (Lipinski definition) is 2. The van der Waals surface area contributed by atoms with Gasteiger partial charge in [-0.3, -0.25) is 0 Å². The highest BCUT2D eigenvalue weighted by Gasteiger charge is 2.05. The first kappa shape index (κ1) is 9.91. The molecule has 0 aromatic rings. The molecule has 62 valence electrons. The van der Waals surface area contributed by atoms with Crippen LogP contribution in [0.25, 0.3) is 0 Å². The zero-order valence-electron chi connectivity index (χ0n) is 6.72. The molecular formula is C6H15NO2S. The molecule has 4 heteroatoms. The summed E-state index contributed by atoms with van der Waals surface area (Å²) in [5, 5.41) is 0. The van der Waals surface area contributed by atoms with Crippen LogP contribution in [0.4, 0.5) is 0 Å². The van der Waals surface area contributed by atoms with Crippen LogP contribution in [0, 0.1) is 5.92 Å². The zero-order chi connectivity index (χ0) is 8.20. The molecule has 0 radical (unpaired) electrons. The largest absolute Gasteiger partial charge is 0.215 e. The Kier molecular flexibility index (Phi) is 3.89. The highest BCUT2D eigenvalue weighted by atomic mass is 32.2. The van der Waals surface area contributed by atoms with Crippen LogP contribution in [0.2, 0.25) is 0 Å². The van der Waals surface area contributed by atoms with Crippen molar-refractivity contribution in [2.24, 2.45) is 5.92 Å². The topological polar surface area (TPSA) is 46.2 Å². The molecule has 0 saturated carbocycles. The Morgan fingerprint density at radius 2 is 1.90 bits per heavy atom. The molecular weight excluding hydrogens is 150 g/mol. The van der Waals surface area contributed by atoms with E-state index in [2.05, 4.69) is 4.72 Å². The summed E-state index contributed by atoms with van der Waals surface area (Å²) in [6.07, 6.45) is 0. The quantitative estimate of drug-likeness (QED) is 0.662. The van der Waals surface area contributed by atoms with Crippen molar-refractivity contribution >= 4 is 10.0 Å². The standard InChI is InChI=1S/C6H15NO2S/c1-4-10(8,9)7-5-6(2)3/h6-7H,4-5H2,1-3H3. The molecule has 0 aliphatic heterocycles. The minimum absolute atomic E-state index is 0.166. The first-order valence-corrected chi connectivity index (χ1v) is 5.10. The molecule has 1 N–H and O–H groups in total. The van der Waals surface area contributed by atoms with Crippen LogP contribution < -0.4 is 4.72 Å². The van der Waals surface area contributed by atoms with E-state index in [0.29, 0.717) is 12.5 Å². The molecule has 0 aliphatic carbocycles. The summed E-state index contributed by atoms with van der Waals surface area (Å²) < 4.78 is 24.1. The van der Waals surface area contributed by atoms with E-state index in [0.717, 1.165) is 0 Å². The molecule has 0 unspecified atom stereocenters. The molecule has 0 rings (SSSR count). The van der Waals surface area contributed by atoms with E-state index in [4.69, 9.17) is 0 Å². The Balaban J connectivity index is 3.70. The maximum atomic E-state index is 10.8. The van der Waals surface area contributed by atoms with Crippen molar-refractivity contribution in [2.45, 2.75) is 20.8 Å². The van der Waals surface area contributed by atoms with Crippen molar-refractivity contribution in [3.8, 4) is 0 Å². The molecule has 0 spiro atoms. The fraction of sp³-hybridized carbons (Fsp3) is 1.00. The third-order valence-electron chi connectivity index (χ3n) is 1.09. The molecule has 0 aromatic carbocycles. The van der Waals surface area contributed by atoms with Gasteiger partial charge in [-0.25, -0.2) is 13.1 Å². The van der Waals surface area contributed by atoms with E-state index in [-0.39, 0.29) is 5.75 Å². The highest BCUT2D eigenvalue weighted by molar-refractivity contribution is 7.89. The minimum atomic E-state index is -2.96. The van der Waals surface area contributed by atoms with Gasteiger partial charge in [0, 0.05) is 6.54 Å². The first-order valence-electron chi connectivity index (χ1n) is 3.45. The Morgan fingerprint density at radius 3 is 2.20 bits per heavy atom. The van der Waals surface area contributed by atoms with E-state index in [1.807, 2.05) is 13.8 Å². The summed E-state index contributed by atoms with van der Waals surface area (Å²) in [6, 6.07) is 0. The van der Waals surface area contributed by atoms with Gasteiger partial charge in [-0.1, -0.05) is 13.8 Å². The lowest BCUT2D eigenvalue weighted by Gasteiger charge is -2.05. The van der Waals surface area contributed by atoms with Gasteiger partial charge in [0.2, 0.25) is 10.0 Å². The second-order valence-electron chi connectivity index (χ2n) is 2.65. The van der Waals surface area contributed by atoms with Gasteiger partial charge in [0.1, 0.15) is 0 Å². The molecule has 3 nitrogen and oxygen atoms in total. The normalized spacial score (nSPS) is 12.4. The van der Waals surface area contributed by atoms with Gasteiger partial charge in [0.25, 0.3) is 0 Å². The van der Waals surface area contributed by atoms with Gasteiger partial charge in [0.05, 0.1) is 5.75 Å². The van der Waals surface area contributed by atoms with Crippen LogP contribution in [0.3, 0.4) is 0 Å². The van der Waals surface area contributed by atoms with E-state index in [1.165, 1.54) is 0 Å². The smallest absolute Gasteiger partial charge is 0.211 e. The van der Waals surface area contributed by atoms with Crippen LogP contribution >= 0.6 is 0 Å². The third-order valence-corrected chi connectivity index (χ3v) is 2.46. The monoisotopic (exact) mass is 165 g/mol. The van der Waals surface area contributed by atoms with Gasteiger partial charge >= 0.3 is 0 Å². The summed E-state index contributed by atoms with van der Waals surface area (Å²) >= 11 is 0. The Hall–Kier alpha value is -0.0900. The van der Waals surface area contributed by atoms with Crippen LogP contribution in [-0.4, -0.2) is 20.7 Å². The number of nitrogens with one attached hydrogen (secondary N) is 1. The predicted octanol–water partition coefficient (Wildman–Crippen LogP) is 0.582. The molecule has 10 heavy (non-hydrogen) atoms. The number of sulfonamides is 1. The second kappa shape index (κ2) is 3.93. The molecule has 0 aromatic heterocycles. The van der Waals surface area contributed by atoms with Gasteiger partial charge < -0.3 is 0 Å². The van der Waals surface area contributed by atoms with Crippen molar-refractivity contribution in [1.82, 2.24) is 4.72 Å². The first-order chi connectivity index (χ1) is 4.48. The average molecular weight is 165 g/mol. The average Bonchev–Trinajstić information content (AvgIpc) is 1.85. The summed E-state index contributed by atoms with van der Waals surface area (Å²) in [4.78, 5) is 0. The van der Waals surface area contributed by atoms with E-state index in [1.54, 1.807) is 6.92 Å². The predicted molar refractivity (Wildman–Crippen MR) is 42.3 cm³/mol. The SMILES string of the molecule is CCS(=O)(=O)NCC(C)C. The molecule has 0 saturated heterocycles. The van der Waals surface area contributed by atoms with Crippen LogP contribution in [0.1, 0.15) is 20.8 Å². The van der Waals surface area contributed by atoms with Crippen LogP contribution in [0.15, 0.2) is 0 Å². The zero-order valence-corrected chi connectivity index (χ0v) is 7.53. The maximum Gasteiger partial charge on any atom is 0.211 e. The van der Waals surface area contributed by atoms with Crippen molar-refractivity contribution < 1.29 is 8.42 Å². The van der Waals surface area contributed by atoms with Crippen LogP contribution in [-0.2, 0) is 10.0 Å². The van der Waals surface area contributed by atoms with Crippen molar-refractivity contribution in [2.75, 3.05) is 12.3 Å². The van der Waals surface area contributed by atoms with Crippen molar-refractivity contribution in [3.05, 3.63) is 0 Å². The third kappa shape index (κ3) is 4.76. The Bertz CT molecular complexity index is 172. The number of hydrogen-bond donors (Lipinski definition) is 1. The second-order valence-corrected chi connectivity index (χ2v) is 4.74. The molecule has 0 atom stereocenters. The summed E-state index contributed by atoms with van der Waals surface area (Å²) in [5.74, 6) is 0.543. The Labute approximate surface area is 62.9 Å². The summed E-state index contributed by atoms with van der Waals surface area (Å²) in [5.41, 5.74) is 0. The van der Waals surface area contributed by atoms with Gasteiger partial charge in [-0.2, -0.15) is 0 Å². The molecule has 0 heterocycles. The maximum absolute atomic E-state index is 10.8. The fourth-order valence-electron chi connectivity index (χ4n) is 0.396. The summed E-state index contributed by atoms with van der Waals surface area (Å²) in [7, 11) is -2.96.